The lowest BCUT2D eigenvalue weighted by atomic mass is 9.99. The van der Waals surface area contributed by atoms with Crippen LogP contribution in [0.4, 0.5) is 16.2 Å². The lowest BCUT2D eigenvalue weighted by Gasteiger charge is -2.33. The van der Waals surface area contributed by atoms with Crippen molar-refractivity contribution in [3.63, 3.8) is 0 Å². The number of hydrogen-bond donors (Lipinski definition) is 1. The van der Waals surface area contributed by atoms with Gasteiger partial charge in [0.05, 0.1) is 13.2 Å². The van der Waals surface area contributed by atoms with Gasteiger partial charge >= 0.3 is 6.09 Å². The molecule has 0 bridgehead atoms. The molecule has 0 aromatic heterocycles. The third kappa shape index (κ3) is 5.61. The van der Waals surface area contributed by atoms with Gasteiger partial charge in [-0.15, -0.1) is 0 Å². The number of carbonyl (C=O) groups is 2. The van der Waals surface area contributed by atoms with E-state index >= 15 is 0 Å². The third-order valence-corrected chi connectivity index (χ3v) is 5.57. The highest BCUT2D eigenvalue weighted by Crippen LogP contribution is 2.24. The zero-order valence-electron chi connectivity index (χ0n) is 17.0. The smallest absolute Gasteiger partial charge is 0.409 e. The van der Waals surface area contributed by atoms with Crippen molar-refractivity contribution in [1.82, 2.24) is 9.80 Å². The number of piperidine rings is 1. The van der Waals surface area contributed by atoms with Crippen LogP contribution in [0.1, 0.15) is 26.7 Å². The van der Waals surface area contributed by atoms with Crippen molar-refractivity contribution in [3.8, 4) is 0 Å². The number of ether oxygens (including phenoxy) is 1. The predicted octanol–water partition coefficient (Wildman–Crippen LogP) is 2.64. The Bertz CT molecular complexity index is 648. The van der Waals surface area contributed by atoms with Gasteiger partial charge in [-0.05, 0) is 49.9 Å². The molecule has 7 heteroatoms. The fourth-order valence-corrected chi connectivity index (χ4v) is 3.73. The Morgan fingerprint density at radius 3 is 2.29 bits per heavy atom. The van der Waals surface area contributed by atoms with Gasteiger partial charge in [-0.25, -0.2) is 4.79 Å². The predicted molar refractivity (Wildman–Crippen MR) is 111 cm³/mol. The lowest BCUT2D eigenvalue weighted by Crippen LogP contribution is -2.50. The van der Waals surface area contributed by atoms with E-state index in [0.29, 0.717) is 39.3 Å². The topological polar surface area (TPSA) is 65.1 Å². The molecule has 2 aliphatic rings. The van der Waals surface area contributed by atoms with Crippen molar-refractivity contribution >= 4 is 23.4 Å². The van der Waals surface area contributed by atoms with Crippen LogP contribution in [0, 0.1) is 5.92 Å². The van der Waals surface area contributed by atoms with Gasteiger partial charge in [0.2, 0.25) is 5.91 Å². The number of hydrogen-bond acceptors (Lipinski definition) is 5. The van der Waals surface area contributed by atoms with Gasteiger partial charge in [0, 0.05) is 50.6 Å². The Morgan fingerprint density at radius 1 is 1.04 bits per heavy atom. The van der Waals surface area contributed by atoms with E-state index in [-0.39, 0.29) is 12.0 Å². The molecule has 3 rings (SSSR count). The Hall–Kier alpha value is -2.28. The minimum absolute atomic E-state index is 0.0240. The number of amides is 2. The summed E-state index contributed by atoms with van der Waals surface area (Å²) >= 11 is 0. The number of anilines is 2. The molecule has 2 aliphatic heterocycles. The maximum atomic E-state index is 12.4. The van der Waals surface area contributed by atoms with Crippen LogP contribution in [0.5, 0.6) is 0 Å². The van der Waals surface area contributed by atoms with Gasteiger partial charge in [-0.3, -0.25) is 9.69 Å². The van der Waals surface area contributed by atoms with Crippen molar-refractivity contribution in [1.29, 1.82) is 0 Å². The SMILES string of the molecule is CCOC(=O)N1CCN(CC(=O)Nc2ccc(N3CCC(C)CC3)cc2)CC1. The molecule has 7 nitrogen and oxygen atoms in total. The summed E-state index contributed by atoms with van der Waals surface area (Å²) in [5.41, 5.74) is 2.05. The van der Waals surface area contributed by atoms with Gasteiger partial charge < -0.3 is 19.9 Å². The number of rotatable bonds is 5. The van der Waals surface area contributed by atoms with E-state index in [1.165, 1.54) is 18.5 Å². The molecule has 0 spiro atoms. The highest BCUT2D eigenvalue weighted by molar-refractivity contribution is 5.92. The van der Waals surface area contributed by atoms with Gasteiger partial charge in [-0.1, -0.05) is 6.92 Å². The second kappa shape index (κ2) is 9.78. The second-order valence-electron chi connectivity index (χ2n) is 7.73. The molecule has 1 aromatic rings. The Labute approximate surface area is 167 Å². The second-order valence-corrected chi connectivity index (χ2v) is 7.73. The van der Waals surface area contributed by atoms with E-state index in [2.05, 4.69) is 34.2 Å². The molecule has 2 fully saturated rings. The first kappa shape index (κ1) is 20.5. The molecule has 2 amide bonds. The van der Waals surface area contributed by atoms with Crippen LogP contribution in [-0.2, 0) is 9.53 Å². The highest BCUT2D eigenvalue weighted by atomic mass is 16.6. The minimum atomic E-state index is -0.269. The average Bonchev–Trinajstić information content (AvgIpc) is 2.70. The number of carbonyl (C=O) groups excluding carboxylic acids is 2. The molecule has 0 unspecified atom stereocenters. The molecule has 0 saturated carbocycles. The Kier molecular flexibility index (Phi) is 7.14. The number of nitrogens with zero attached hydrogens (tertiary/aromatic N) is 3. The zero-order chi connectivity index (χ0) is 19.9. The summed E-state index contributed by atoms with van der Waals surface area (Å²) in [5, 5.41) is 2.98. The largest absolute Gasteiger partial charge is 0.450 e. The van der Waals surface area contributed by atoms with E-state index in [1.54, 1.807) is 11.8 Å². The van der Waals surface area contributed by atoms with Crippen molar-refractivity contribution in [2.45, 2.75) is 26.7 Å². The van der Waals surface area contributed by atoms with Gasteiger partial charge in [0.25, 0.3) is 0 Å². The summed E-state index contributed by atoms with van der Waals surface area (Å²) < 4.78 is 5.02. The Morgan fingerprint density at radius 2 is 1.68 bits per heavy atom. The molecule has 0 atom stereocenters. The Balaban J connectivity index is 1.42. The first-order valence-electron chi connectivity index (χ1n) is 10.3. The first-order valence-corrected chi connectivity index (χ1v) is 10.3. The monoisotopic (exact) mass is 388 g/mol. The lowest BCUT2D eigenvalue weighted by molar-refractivity contribution is -0.117. The fraction of sp³-hybridized carbons (Fsp3) is 0.619. The average molecular weight is 389 g/mol. The maximum Gasteiger partial charge on any atom is 0.409 e. The van der Waals surface area contributed by atoms with Crippen LogP contribution in [0.15, 0.2) is 24.3 Å². The quantitative estimate of drug-likeness (QED) is 0.840. The van der Waals surface area contributed by atoms with Gasteiger partial charge in [-0.2, -0.15) is 0 Å². The number of benzene rings is 1. The van der Waals surface area contributed by atoms with E-state index in [0.717, 1.165) is 24.7 Å². The summed E-state index contributed by atoms with van der Waals surface area (Å²) in [5.74, 6) is 0.790. The standard InChI is InChI=1S/C21H32N4O3/c1-3-28-21(27)25-14-12-23(13-15-25)16-20(26)22-18-4-6-19(7-5-18)24-10-8-17(2)9-11-24/h4-7,17H,3,8-16H2,1-2H3,(H,22,26). The fourth-order valence-electron chi connectivity index (χ4n) is 3.73. The van der Waals surface area contributed by atoms with Crippen LogP contribution in [0.3, 0.4) is 0 Å². The van der Waals surface area contributed by atoms with Crippen molar-refractivity contribution in [2.75, 3.05) is 62.6 Å². The van der Waals surface area contributed by atoms with Crippen LogP contribution in [0.2, 0.25) is 0 Å². The van der Waals surface area contributed by atoms with E-state index < -0.39 is 0 Å². The molecular formula is C21H32N4O3. The number of piperazine rings is 1. The maximum absolute atomic E-state index is 12.4. The zero-order valence-corrected chi connectivity index (χ0v) is 17.0. The molecule has 28 heavy (non-hydrogen) atoms. The highest BCUT2D eigenvalue weighted by Gasteiger charge is 2.23. The summed E-state index contributed by atoms with van der Waals surface area (Å²) in [4.78, 5) is 30.2. The number of nitrogens with one attached hydrogen (secondary N) is 1. The van der Waals surface area contributed by atoms with Crippen LogP contribution in [0.25, 0.3) is 0 Å². The van der Waals surface area contributed by atoms with Crippen molar-refractivity contribution in [3.05, 3.63) is 24.3 Å². The van der Waals surface area contributed by atoms with Crippen LogP contribution in [-0.4, -0.2) is 74.2 Å². The molecule has 1 N–H and O–H groups in total. The minimum Gasteiger partial charge on any atom is -0.450 e. The third-order valence-electron chi connectivity index (χ3n) is 5.57. The molecule has 154 valence electrons. The van der Waals surface area contributed by atoms with Crippen molar-refractivity contribution in [2.24, 2.45) is 5.92 Å². The van der Waals surface area contributed by atoms with Crippen molar-refractivity contribution < 1.29 is 14.3 Å². The summed E-state index contributed by atoms with van der Waals surface area (Å²) in [7, 11) is 0. The van der Waals surface area contributed by atoms with E-state index in [9.17, 15) is 9.59 Å². The van der Waals surface area contributed by atoms with Crippen LogP contribution >= 0.6 is 0 Å². The molecule has 1 aromatic carbocycles. The first-order chi connectivity index (χ1) is 13.5. The summed E-state index contributed by atoms with van der Waals surface area (Å²) in [6.07, 6.45) is 2.21. The summed E-state index contributed by atoms with van der Waals surface area (Å²) in [6, 6.07) is 8.13. The van der Waals surface area contributed by atoms with E-state index in [1.807, 2.05) is 12.1 Å². The normalized spacial score (nSPS) is 18.8. The molecule has 0 aliphatic carbocycles. The molecular weight excluding hydrogens is 356 g/mol. The molecule has 2 heterocycles. The molecule has 0 radical (unpaired) electrons. The van der Waals surface area contributed by atoms with E-state index in [4.69, 9.17) is 4.74 Å². The molecule has 2 saturated heterocycles. The van der Waals surface area contributed by atoms with Crippen LogP contribution < -0.4 is 10.2 Å². The van der Waals surface area contributed by atoms with Gasteiger partial charge in [0.1, 0.15) is 0 Å². The van der Waals surface area contributed by atoms with Gasteiger partial charge in [0.15, 0.2) is 0 Å². The summed E-state index contributed by atoms with van der Waals surface area (Å²) in [6.45, 7) is 9.58.